The number of hydrogen-bond donors (Lipinski definition) is 8. The predicted molar refractivity (Wildman–Crippen MR) is 317 cm³/mol. The van der Waals surface area contributed by atoms with E-state index in [1.165, 1.54) is 24.3 Å². The van der Waals surface area contributed by atoms with Gasteiger partial charge < -0.3 is 78.7 Å². The van der Waals surface area contributed by atoms with Gasteiger partial charge in [0.25, 0.3) is 0 Å². The van der Waals surface area contributed by atoms with Crippen molar-refractivity contribution in [1.82, 2.24) is 0 Å². The molecule has 0 saturated carbocycles. The zero-order chi connectivity index (χ0) is 59.3. The van der Waals surface area contributed by atoms with Gasteiger partial charge in [-0.15, -0.1) is 0 Å². The van der Waals surface area contributed by atoms with Crippen LogP contribution in [-0.2, 0) is 18.9 Å². The average molecular weight is 1150 g/mol. The van der Waals surface area contributed by atoms with Gasteiger partial charge in [-0.05, 0) is 123 Å². The number of rotatable bonds is 24. The van der Waals surface area contributed by atoms with E-state index >= 15 is 0 Å². The molecular formula is C68H72O16. The van der Waals surface area contributed by atoms with Gasteiger partial charge >= 0.3 is 0 Å². The maximum absolute atomic E-state index is 12.3. The molecule has 1 aliphatic rings. The van der Waals surface area contributed by atoms with Crippen molar-refractivity contribution in [2.75, 3.05) is 79.3 Å². The minimum absolute atomic E-state index is 0.201. The van der Waals surface area contributed by atoms with Gasteiger partial charge in [0, 0.05) is 119 Å². The number of benzene rings is 8. The van der Waals surface area contributed by atoms with Crippen molar-refractivity contribution in [1.29, 1.82) is 0 Å². The first-order chi connectivity index (χ1) is 40.8. The fraction of sp³-hybridized carbons (Fsp3) is 0.294. The molecule has 0 atom stereocenters. The van der Waals surface area contributed by atoms with Gasteiger partial charge in [0.15, 0.2) is 0 Å². The van der Waals surface area contributed by atoms with Crippen LogP contribution in [0.4, 0.5) is 0 Å². The van der Waals surface area contributed by atoms with E-state index in [2.05, 4.69) is 0 Å². The molecule has 9 rings (SSSR count). The maximum Gasteiger partial charge on any atom is 0.123 e. The summed E-state index contributed by atoms with van der Waals surface area (Å²) in [6, 6.07) is 39.7. The van der Waals surface area contributed by atoms with Crippen molar-refractivity contribution in [3.8, 4) is 69.0 Å². The zero-order valence-electron chi connectivity index (χ0n) is 47.5. The third kappa shape index (κ3) is 13.6. The standard InChI is InChI=1S/C68H72O16/c1-5-77-25-29-81-45-17-9-41(10-18-45)65-49-33-51(59(71)37-57(49)69)66(42-11-19-46(20-12-42)82-30-26-78-6-2)53-35-55(63(75)39-61(53)73)68(44-15-23-48(24-16-44)84-32-28-80-8-4)56-36-54(62(74)40-64(56)76)67(52-34-50(65)58(70)38-60(52)72)43-13-21-47(22-14-43)83-31-27-79-7-3/h9-24,33-40,65-76H,5-8,25-32H2,1-4H3. The van der Waals surface area contributed by atoms with E-state index in [4.69, 9.17) is 37.9 Å². The Morgan fingerprint density at radius 2 is 0.405 bits per heavy atom. The highest BCUT2D eigenvalue weighted by atomic mass is 16.5. The molecule has 0 aliphatic heterocycles. The molecule has 0 fully saturated rings. The van der Waals surface area contributed by atoms with E-state index in [0.29, 0.717) is 98.1 Å². The van der Waals surface area contributed by atoms with Gasteiger partial charge in [0.05, 0.1) is 26.4 Å². The first-order valence-corrected chi connectivity index (χ1v) is 28.3. The van der Waals surface area contributed by atoms with Gasteiger partial charge in [0.2, 0.25) is 0 Å². The Bertz CT molecular complexity index is 2890. The first-order valence-electron chi connectivity index (χ1n) is 28.3. The fourth-order valence-electron chi connectivity index (χ4n) is 10.9. The summed E-state index contributed by atoms with van der Waals surface area (Å²) in [4.78, 5) is 0. The fourth-order valence-corrected chi connectivity index (χ4v) is 10.9. The number of phenols is 8. The SMILES string of the molecule is CCOCCOc1ccc(C2c3cc(c(O)cc3O)C(c3ccc(OCCOCC)cc3)c3cc(c(O)cc3O)C(c3ccc(OCCOCC)cc3)c3cc(c(O)cc3O)C(c3ccc(OCCOCC)cc3)c3cc2c(O)cc3O)cc1. The Balaban J connectivity index is 1.35. The monoisotopic (exact) mass is 1140 g/mol. The molecule has 8 bridgehead atoms. The van der Waals surface area contributed by atoms with Crippen LogP contribution in [0.1, 0.15) is 118 Å². The van der Waals surface area contributed by atoms with Gasteiger partial charge in [-0.2, -0.15) is 0 Å². The molecule has 8 aromatic carbocycles. The normalized spacial score (nSPS) is 15.6. The van der Waals surface area contributed by atoms with Gasteiger partial charge in [0.1, 0.15) is 95.4 Å². The molecule has 16 nitrogen and oxygen atoms in total. The molecule has 0 aromatic heterocycles. The van der Waals surface area contributed by atoms with Crippen molar-refractivity contribution in [2.24, 2.45) is 0 Å². The summed E-state index contributed by atoms with van der Waals surface area (Å²) in [5, 5.41) is 98.7. The van der Waals surface area contributed by atoms with Crippen LogP contribution in [0, 0.1) is 0 Å². The highest BCUT2D eigenvalue weighted by molar-refractivity contribution is 5.67. The Hall–Kier alpha value is -8.80. The number of phenolic OH excluding ortho intramolecular Hbond substituents is 8. The third-order valence-corrected chi connectivity index (χ3v) is 14.8. The molecule has 0 spiro atoms. The van der Waals surface area contributed by atoms with Crippen molar-refractivity contribution >= 4 is 0 Å². The van der Waals surface area contributed by atoms with Crippen LogP contribution in [0.15, 0.2) is 146 Å². The molecule has 0 radical (unpaired) electrons. The summed E-state index contributed by atoms with van der Waals surface area (Å²) in [7, 11) is 0. The van der Waals surface area contributed by atoms with E-state index < -0.39 is 23.7 Å². The second-order valence-corrected chi connectivity index (χ2v) is 20.1. The molecular weight excluding hydrogens is 1070 g/mol. The molecule has 0 unspecified atom stereocenters. The van der Waals surface area contributed by atoms with E-state index in [-0.39, 0.29) is 117 Å². The van der Waals surface area contributed by atoms with Crippen LogP contribution in [0.2, 0.25) is 0 Å². The van der Waals surface area contributed by atoms with Crippen LogP contribution >= 0.6 is 0 Å². The summed E-state index contributed by atoms with van der Waals surface area (Å²) in [5.74, 6) is -5.06. The molecule has 16 heteroatoms. The quantitative estimate of drug-likeness (QED) is 0.0263. The van der Waals surface area contributed by atoms with Crippen LogP contribution in [0.25, 0.3) is 0 Å². The van der Waals surface area contributed by atoms with Crippen LogP contribution in [0.5, 0.6) is 69.0 Å². The summed E-state index contributed by atoms with van der Waals surface area (Å²) < 4.78 is 46.1. The molecule has 8 aromatic rings. The van der Waals surface area contributed by atoms with E-state index in [0.717, 1.165) is 0 Å². The van der Waals surface area contributed by atoms with Crippen LogP contribution in [0.3, 0.4) is 0 Å². The lowest BCUT2D eigenvalue weighted by molar-refractivity contribution is 0.110. The maximum atomic E-state index is 12.3. The lowest BCUT2D eigenvalue weighted by Crippen LogP contribution is -2.13. The van der Waals surface area contributed by atoms with E-state index in [1.807, 2.05) is 27.7 Å². The smallest absolute Gasteiger partial charge is 0.123 e. The van der Waals surface area contributed by atoms with Crippen LogP contribution < -0.4 is 18.9 Å². The number of ether oxygens (including phenoxy) is 8. The highest BCUT2D eigenvalue weighted by Gasteiger charge is 2.35. The predicted octanol–water partition coefficient (Wildman–Crippen LogP) is 12.0. The van der Waals surface area contributed by atoms with E-state index in [9.17, 15) is 40.9 Å². The third-order valence-electron chi connectivity index (χ3n) is 14.8. The Labute approximate surface area is 488 Å². The Kier molecular flexibility index (Phi) is 19.9. The highest BCUT2D eigenvalue weighted by Crippen LogP contribution is 2.54. The first kappa shape index (κ1) is 59.8. The Morgan fingerprint density at radius 3 is 0.560 bits per heavy atom. The van der Waals surface area contributed by atoms with Gasteiger partial charge in [-0.1, -0.05) is 48.5 Å². The molecule has 8 N–H and O–H groups in total. The van der Waals surface area contributed by atoms with Crippen molar-refractivity contribution in [3.05, 3.63) is 212 Å². The minimum Gasteiger partial charge on any atom is -0.507 e. The molecule has 440 valence electrons. The second kappa shape index (κ2) is 28.0. The van der Waals surface area contributed by atoms with E-state index in [1.54, 1.807) is 121 Å². The number of fused-ring (bicyclic) bond motifs is 8. The van der Waals surface area contributed by atoms with Crippen molar-refractivity contribution in [3.63, 3.8) is 0 Å². The average Bonchev–Trinajstić information content (AvgIpc) is 1.99. The number of aromatic hydroxyl groups is 8. The molecule has 0 saturated heterocycles. The lowest BCUT2D eigenvalue weighted by Gasteiger charge is -2.30. The summed E-state index contributed by atoms with van der Waals surface area (Å²) in [5.41, 5.74) is 3.78. The topological polar surface area (TPSA) is 236 Å². The van der Waals surface area contributed by atoms with Crippen molar-refractivity contribution in [2.45, 2.75) is 51.4 Å². The van der Waals surface area contributed by atoms with Gasteiger partial charge in [-0.25, -0.2) is 0 Å². The summed E-state index contributed by atoms with van der Waals surface area (Å²) >= 11 is 0. The molecule has 0 amide bonds. The Morgan fingerprint density at radius 1 is 0.238 bits per heavy atom. The lowest BCUT2D eigenvalue weighted by atomic mass is 9.75. The summed E-state index contributed by atoms with van der Waals surface area (Å²) in [6.45, 7) is 12.2. The second-order valence-electron chi connectivity index (χ2n) is 20.1. The largest absolute Gasteiger partial charge is 0.507 e. The molecule has 84 heavy (non-hydrogen) atoms. The number of hydrogen-bond acceptors (Lipinski definition) is 16. The van der Waals surface area contributed by atoms with Gasteiger partial charge in [-0.3, -0.25) is 0 Å². The molecule has 0 heterocycles. The minimum atomic E-state index is -1.07. The zero-order valence-corrected chi connectivity index (χ0v) is 47.5. The van der Waals surface area contributed by atoms with Crippen LogP contribution in [-0.4, -0.2) is 120 Å². The van der Waals surface area contributed by atoms with Crippen molar-refractivity contribution < 1.29 is 78.7 Å². The molecule has 1 aliphatic carbocycles. The summed E-state index contributed by atoms with van der Waals surface area (Å²) in [6.07, 6.45) is 0.